The highest BCUT2D eigenvalue weighted by Gasteiger charge is 2.29. The average molecular weight is 399 g/mol. The number of phenolic OH excluding ortho intramolecular Hbond substituents is 1. The molecular weight excluding hydrogens is 370 g/mol. The molecule has 0 aliphatic carbocycles. The molecule has 1 atom stereocenters. The summed E-state index contributed by atoms with van der Waals surface area (Å²) in [5.74, 6) is 0.0501. The van der Waals surface area contributed by atoms with Crippen molar-refractivity contribution in [1.29, 1.82) is 0 Å². The zero-order valence-electron chi connectivity index (χ0n) is 17.0. The van der Waals surface area contributed by atoms with Gasteiger partial charge in [-0.25, -0.2) is 0 Å². The molecule has 1 unspecified atom stereocenters. The zero-order chi connectivity index (χ0) is 21.2. The molecule has 1 heterocycles. The van der Waals surface area contributed by atoms with E-state index in [9.17, 15) is 19.8 Å². The molecule has 0 saturated carbocycles. The summed E-state index contributed by atoms with van der Waals surface area (Å²) in [5, 5.41) is 19.3. The number of amides is 1. The van der Waals surface area contributed by atoms with Gasteiger partial charge in [-0.3, -0.25) is 9.59 Å². The van der Waals surface area contributed by atoms with Crippen LogP contribution < -0.4 is 4.74 Å². The standard InChI is InChI=1S/C21H23NO5.C2H6/c23-12-15-6-1-2-8-17(15)21(26)22-11-4-3-7-16(22)14-27-20-10-5-9-19(25)18(20)13-24;1-2/h1-2,5-6,8-10,13,16,23,25H,3-4,7,11-12,14H2;1-2H3. The Hall–Kier alpha value is -2.86. The Bertz CT molecular complexity index is 821. The topological polar surface area (TPSA) is 87.1 Å². The van der Waals surface area contributed by atoms with Crippen LogP contribution in [0.1, 0.15) is 59.4 Å². The molecule has 0 bridgehead atoms. The smallest absolute Gasteiger partial charge is 0.254 e. The third-order valence-electron chi connectivity index (χ3n) is 4.90. The van der Waals surface area contributed by atoms with Crippen LogP contribution >= 0.6 is 0 Å². The van der Waals surface area contributed by atoms with E-state index < -0.39 is 0 Å². The van der Waals surface area contributed by atoms with E-state index in [1.165, 1.54) is 6.07 Å². The number of piperidine rings is 1. The van der Waals surface area contributed by atoms with Crippen molar-refractivity contribution in [3.8, 4) is 11.5 Å². The van der Waals surface area contributed by atoms with E-state index in [-0.39, 0.29) is 36.5 Å². The van der Waals surface area contributed by atoms with E-state index in [2.05, 4.69) is 0 Å². The van der Waals surface area contributed by atoms with Crippen molar-refractivity contribution in [2.45, 2.75) is 45.8 Å². The summed E-state index contributed by atoms with van der Waals surface area (Å²) >= 11 is 0. The van der Waals surface area contributed by atoms with E-state index >= 15 is 0 Å². The number of aliphatic hydroxyl groups excluding tert-OH is 1. The minimum atomic E-state index is -0.192. The van der Waals surface area contributed by atoms with E-state index in [1.807, 2.05) is 13.8 Å². The Morgan fingerprint density at radius 3 is 2.66 bits per heavy atom. The van der Waals surface area contributed by atoms with E-state index in [4.69, 9.17) is 4.74 Å². The number of ether oxygens (including phenoxy) is 1. The number of likely N-dealkylation sites (tertiary alicyclic amines) is 1. The number of aliphatic hydroxyl groups is 1. The maximum atomic E-state index is 13.0. The molecule has 6 heteroatoms. The predicted octanol–water partition coefficient (Wildman–Crippen LogP) is 3.80. The highest BCUT2D eigenvalue weighted by atomic mass is 16.5. The molecule has 1 fully saturated rings. The molecule has 156 valence electrons. The van der Waals surface area contributed by atoms with Gasteiger partial charge in [0.2, 0.25) is 0 Å². The van der Waals surface area contributed by atoms with Crippen molar-refractivity contribution in [3.63, 3.8) is 0 Å². The number of carbonyl (C=O) groups is 2. The number of hydrogen-bond donors (Lipinski definition) is 2. The first-order chi connectivity index (χ1) is 14.2. The van der Waals surface area contributed by atoms with Crippen molar-refractivity contribution < 1.29 is 24.5 Å². The van der Waals surface area contributed by atoms with Crippen LogP contribution in [0.2, 0.25) is 0 Å². The van der Waals surface area contributed by atoms with Gasteiger partial charge in [-0.1, -0.05) is 38.1 Å². The fraction of sp³-hybridized carbons (Fsp3) is 0.391. The van der Waals surface area contributed by atoms with E-state index in [0.29, 0.717) is 29.7 Å². The molecule has 2 N–H and O–H groups in total. The molecule has 29 heavy (non-hydrogen) atoms. The molecule has 1 aliphatic rings. The Balaban J connectivity index is 0.00000145. The van der Waals surface area contributed by atoms with Crippen LogP contribution in [-0.4, -0.2) is 46.5 Å². The number of benzene rings is 2. The summed E-state index contributed by atoms with van der Waals surface area (Å²) in [4.78, 5) is 26.0. The lowest BCUT2D eigenvalue weighted by atomic mass is 9.99. The van der Waals surface area contributed by atoms with Crippen molar-refractivity contribution in [2.24, 2.45) is 0 Å². The van der Waals surface area contributed by atoms with Crippen molar-refractivity contribution in [1.82, 2.24) is 4.90 Å². The number of aromatic hydroxyl groups is 1. The van der Waals surface area contributed by atoms with Crippen LogP contribution in [0.15, 0.2) is 42.5 Å². The maximum Gasteiger partial charge on any atom is 0.254 e. The Labute approximate surface area is 171 Å². The fourth-order valence-electron chi connectivity index (χ4n) is 3.43. The van der Waals surface area contributed by atoms with Crippen LogP contribution in [-0.2, 0) is 6.61 Å². The first-order valence-corrected chi connectivity index (χ1v) is 10.1. The van der Waals surface area contributed by atoms with Crippen LogP contribution in [0.5, 0.6) is 11.5 Å². The lowest BCUT2D eigenvalue weighted by molar-refractivity contribution is 0.0524. The summed E-state index contributed by atoms with van der Waals surface area (Å²) in [5.41, 5.74) is 1.21. The van der Waals surface area contributed by atoms with Gasteiger partial charge in [0.15, 0.2) is 6.29 Å². The lowest BCUT2D eigenvalue weighted by Crippen LogP contribution is -2.47. The average Bonchev–Trinajstić information content (AvgIpc) is 2.78. The predicted molar refractivity (Wildman–Crippen MR) is 111 cm³/mol. The summed E-state index contributed by atoms with van der Waals surface area (Å²) in [6.45, 7) is 4.66. The van der Waals surface area contributed by atoms with Gasteiger partial charge in [-0.2, -0.15) is 0 Å². The second kappa shape index (κ2) is 11.2. The van der Waals surface area contributed by atoms with Crippen LogP contribution in [0.4, 0.5) is 0 Å². The third-order valence-corrected chi connectivity index (χ3v) is 4.90. The summed E-state index contributed by atoms with van der Waals surface area (Å²) in [6.07, 6.45) is 3.25. The normalized spacial score (nSPS) is 15.8. The largest absolute Gasteiger partial charge is 0.507 e. The van der Waals surface area contributed by atoms with Crippen LogP contribution in [0.25, 0.3) is 0 Å². The minimum absolute atomic E-state index is 0.108. The number of nitrogens with zero attached hydrogens (tertiary/aromatic N) is 1. The number of aldehydes is 1. The first-order valence-electron chi connectivity index (χ1n) is 10.1. The van der Waals surface area contributed by atoms with Crippen molar-refractivity contribution in [2.75, 3.05) is 13.2 Å². The fourth-order valence-corrected chi connectivity index (χ4v) is 3.43. The maximum absolute atomic E-state index is 13.0. The molecule has 0 radical (unpaired) electrons. The Morgan fingerprint density at radius 2 is 1.93 bits per heavy atom. The molecule has 6 nitrogen and oxygen atoms in total. The quantitative estimate of drug-likeness (QED) is 0.722. The van der Waals surface area contributed by atoms with Gasteiger partial charge in [-0.15, -0.1) is 0 Å². The Morgan fingerprint density at radius 1 is 1.17 bits per heavy atom. The van der Waals surface area contributed by atoms with Gasteiger partial charge < -0.3 is 19.8 Å². The molecule has 0 aromatic heterocycles. The van der Waals surface area contributed by atoms with Gasteiger partial charge in [0.25, 0.3) is 5.91 Å². The van der Waals surface area contributed by atoms with Gasteiger partial charge in [-0.05, 0) is 43.0 Å². The molecule has 1 saturated heterocycles. The first kappa shape index (κ1) is 22.4. The van der Waals surface area contributed by atoms with Crippen LogP contribution in [0, 0.1) is 0 Å². The molecule has 1 amide bonds. The monoisotopic (exact) mass is 399 g/mol. The molecule has 3 rings (SSSR count). The van der Waals surface area contributed by atoms with Gasteiger partial charge >= 0.3 is 0 Å². The van der Waals surface area contributed by atoms with E-state index in [1.54, 1.807) is 41.3 Å². The number of carbonyl (C=O) groups excluding carboxylic acids is 2. The van der Waals surface area contributed by atoms with Crippen LogP contribution in [0.3, 0.4) is 0 Å². The second-order valence-corrected chi connectivity index (χ2v) is 6.58. The number of hydrogen-bond acceptors (Lipinski definition) is 5. The summed E-state index contributed by atoms with van der Waals surface area (Å²) < 4.78 is 5.79. The second-order valence-electron chi connectivity index (χ2n) is 6.58. The van der Waals surface area contributed by atoms with Gasteiger partial charge in [0, 0.05) is 12.1 Å². The summed E-state index contributed by atoms with van der Waals surface area (Å²) in [7, 11) is 0. The number of phenols is 1. The summed E-state index contributed by atoms with van der Waals surface area (Å²) in [6, 6.07) is 11.6. The third kappa shape index (κ3) is 5.35. The Kier molecular flexibility index (Phi) is 8.68. The van der Waals surface area contributed by atoms with E-state index in [0.717, 1.165) is 19.3 Å². The number of rotatable bonds is 6. The molecule has 2 aromatic rings. The zero-order valence-corrected chi connectivity index (χ0v) is 17.0. The molecular formula is C23H29NO5. The molecule has 1 aliphatic heterocycles. The SMILES string of the molecule is CC.O=Cc1c(O)cccc1OCC1CCCCN1C(=O)c1ccccc1CO. The molecule has 2 aromatic carbocycles. The molecule has 0 spiro atoms. The highest BCUT2D eigenvalue weighted by molar-refractivity contribution is 5.96. The highest BCUT2D eigenvalue weighted by Crippen LogP contribution is 2.27. The lowest BCUT2D eigenvalue weighted by Gasteiger charge is -2.36. The van der Waals surface area contributed by atoms with Crippen molar-refractivity contribution >= 4 is 12.2 Å². The minimum Gasteiger partial charge on any atom is -0.507 e. The van der Waals surface area contributed by atoms with Gasteiger partial charge in [0.05, 0.1) is 18.2 Å². The van der Waals surface area contributed by atoms with Gasteiger partial charge in [0.1, 0.15) is 18.1 Å². The van der Waals surface area contributed by atoms with Crippen molar-refractivity contribution in [3.05, 3.63) is 59.2 Å².